The fourth-order valence-electron chi connectivity index (χ4n) is 2.52. The third kappa shape index (κ3) is 3.74. The highest BCUT2D eigenvalue weighted by atomic mass is 16.3. The maximum atomic E-state index is 9.88. The number of hydrogen-bond donors (Lipinski definition) is 2. The van der Waals surface area contributed by atoms with E-state index in [1.165, 1.54) is 6.42 Å². The molecular weight excluding hydrogens is 188 g/mol. The molecule has 0 aromatic heterocycles. The second-order valence-corrected chi connectivity index (χ2v) is 5.27. The van der Waals surface area contributed by atoms with Crippen molar-refractivity contribution in [3.63, 3.8) is 0 Å². The van der Waals surface area contributed by atoms with Gasteiger partial charge in [-0.15, -0.1) is 0 Å². The molecule has 3 heteroatoms. The summed E-state index contributed by atoms with van der Waals surface area (Å²) in [7, 11) is 0. The highest BCUT2D eigenvalue weighted by Crippen LogP contribution is 2.20. The van der Waals surface area contributed by atoms with E-state index in [9.17, 15) is 5.11 Å². The SMILES string of the molecule is CCC1CNCC1N(CC)CC(C)(C)O. The van der Waals surface area contributed by atoms with Gasteiger partial charge in [-0.25, -0.2) is 0 Å². The molecule has 0 bridgehead atoms. The van der Waals surface area contributed by atoms with E-state index in [1.807, 2.05) is 13.8 Å². The molecule has 1 fully saturated rings. The van der Waals surface area contributed by atoms with Crippen LogP contribution in [0.4, 0.5) is 0 Å². The van der Waals surface area contributed by atoms with Gasteiger partial charge in [0.15, 0.2) is 0 Å². The fraction of sp³-hybridized carbons (Fsp3) is 1.00. The second-order valence-electron chi connectivity index (χ2n) is 5.27. The van der Waals surface area contributed by atoms with Crippen molar-refractivity contribution in [1.82, 2.24) is 10.2 Å². The van der Waals surface area contributed by atoms with E-state index in [2.05, 4.69) is 24.1 Å². The topological polar surface area (TPSA) is 35.5 Å². The van der Waals surface area contributed by atoms with E-state index in [0.717, 1.165) is 32.1 Å². The molecule has 1 rings (SSSR count). The highest BCUT2D eigenvalue weighted by molar-refractivity contribution is 4.89. The summed E-state index contributed by atoms with van der Waals surface area (Å²) < 4.78 is 0. The van der Waals surface area contributed by atoms with Gasteiger partial charge in [0.2, 0.25) is 0 Å². The van der Waals surface area contributed by atoms with E-state index in [1.54, 1.807) is 0 Å². The van der Waals surface area contributed by atoms with E-state index < -0.39 is 5.60 Å². The molecule has 3 nitrogen and oxygen atoms in total. The Morgan fingerprint density at radius 3 is 2.47 bits per heavy atom. The molecule has 2 unspecified atom stereocenters. The molecule has 0 aromatic rings. The van der Waals surface area contributed by atoms with Gasteiger partial charge in [0.1, 0.15) is 0 Å². The number of nitrogens with one attached hydrogen (secondary N) is 1. The smallest absolute Gasteiger partial charge is 0.0718 e. The molecule has 0 radical (unpaired) electrons. The first-order valence-corrected chi connectivity index (χ1v) is 6.15. The van der Waals surface area contributed by atoms with Gasteiger partial charge in [-0.05, 0) is 32.9 Å². The predicted octanol–water partition coefficient (Wildman–Crippen LogP) is 1.08. The van der Waals surface area contributed by atoms with Crippen molar-refractivity contribution in [3.8, 4) is 0 Å². The van der Waals surface area contributed by atoms with Crippen molar-refractivity contribution >= 4 is 0 Å². The van der Waals surface area contributed by atoms with E-state index >= 15 is 0 Å². The first-order chi connectivity index (χ1) is 6.98. The van der Waals surface area contributed by atoms with Gasteiger partial charge in [-0.2, -0.15) is 0 Å². The lowest BCUT2D eigenvalue weighted by atomic mass is 9.97. The minimum absolute atomic E-state index is 0.586. The molecule has 2 atom stereocenters. The molecule has 1 aliphatic rings. The zero-order valence-electron chi connectivity index (χ0n) is 10.6. The molecule has 1 heterocycles. The van der Waals surface area contributed by atoms with Crippen molar-refractivity contribution in [2.75, 3.05) is 26.2 Å². The van der Waals surface area contributed by atoms with Crippen LogP contribution >= 0.6 is 0 Å². The molecule has 0 amide bonds. The average Bonchev–Trinajstić information content (AvgIpc) is 2.60. The van der Waals surface area contributed by atoms with Gasteiger partial charge in [-0.1, -0.05) is 20.3 Å². The number of hydrogen-bond acceptors (Lipinski definition) is 3. The van der Waals surface area contributed by atoms with Crippen LogP contribution in [0.15, 0.2) is 0 Å². The summed E-state index contributed by atoms with van der Waals surface area (Å²) in [5, 5.41) is 13.3. The summed E-state index contributed by atoms with van der Waals surface area (Å²) in [6, 6.07) is 0.603. The third-order valence-corrected chi connectivity index (χ3v) is 3.29. The number of nitrogens with zero attached hydrogens (tertiary/aromatic N) is 1. The Hall–Kier alpha value is -0.120. The van der Waals surface area contributed by atoms with Crippen LogP contribution < -0.4 is 5.32 Å². The Balaban J connectivity index is 2.57. The minimum atomic E-state index is -0.586. The molecule has 90 valence electrons. The summed E-state index contributed by atoms with van der Waals surface area (Å²) in [5.41, 5.74) is -0.586. The molecule has 0 aromatic carbocycles. The second kappa shape index (κ2) is 5.28. The van der Waals surface area contributed by atoms with Crippen LogP contribution in [0.1, 0.15) is 34.1 Å². The summed E-state index contributed by atoms with van der Waals surface area (Å²) >= 11 is 0. The molecule has 0 saturated carbocycles. The zero-order valence-corrected chi connectivity index (χ0v) is 10.6. The van der Waals surface area contributed by atoms with E-state index in [0.29, 0.717) is 6.04 Å². The van der Waals surface area contributed by atoms with E-state index in [-0.39, 0.29) is 0 Å². The number of likely N-dealkylation sites (N-methyl/N-ethyl adjacent to an activating group) is 1. The van der Waals surface area contributed by atoms with Gasteiger partial charge in [0.25, 0.3) is 0 Å². The Kier molecular flexibility index (Phi) is 4.56. The third-order valence-electron chi connectivity index (χ3n) is 3.29. The average molecular weight is 214 g/mol. The lowest BCUT2D eigenvalue weighted by molar-refractivity contribution is 0.0184. The summed E-state index contributed by atoms with van der Waals surface area (Å²) in [5.74, 6) is 0.743. The Labute approximate surface area is 93.9 Å². The summed E-state index contributed by atoms with van der Waals surface area (Å²) in [6.45, 7) is 12.2. The van der Waals surface area contributed by atoms with Crippen molar-refractivity contribution in [3.05, 3.63) is 0 Å². The minimum Gasteiger partial charge on any atom is -0.389 e. The van der Waals surface area contributed by atoms with Crippen molar-refractivity contribution in [2.45, 2.75) is 45.8 Å². The first kappa shape index (κ1) is 12.9. The lowest BCUT2D eigenvalue weighted by Crippen LogP contribution is -2.47. The normalized spacial score (nSPS) is 27.6. The highest BCUT2D eigenvalue weighted by Gasteiger charge is 2.32. The number of rotatable bonds is 5. The maximum Gasteiger partial charge on any atom is 0.0718 e. The first-order valence-electron chi connectivity index (χ1n) is 6.15. The number of aliphatic hydroxyl groups is 1. The molecule has 15 heavy (non-hydrogen) atoms. The van der Waals surface area contributed by atoms with Gasteiger partial charge < -0.3 is 10.4 Å². The van der Waals surface area contributed by atoms with Crippen LogP contribution in [0, 0.1) is 5.92 Å². The molecule has 1 aliphatic heterocycles. The molecule has 2 N–H and O–H groups in total. The van der Waals surface area contributed by atoms with Crippen molar-refractivity contribution < 1.29 is 5.11 Å². The van der Waals surface area contributed by atoms with Gasteiger partial charge >= 0.3 is 0 Å². The monoisotopic (exact) mass is 214 g/mol. The Morgan fingerprint density at radius 2 is 2.00 bits per heavy atom. The predicted molar refractivity (Wildman–Crippen MR) is 64.0 cm³/mol. The Morgan fingerprint density at radius 1 is 1.33 bits per heavy atom. The van der Waals surface area contributed by atoms with Gasteiger partial charge in [0, 0.05) is 19.1 Å². The van der Waals surface area contributed by atoms with Crippen LogP contribution in [0.25, 0.3) is 0 Å². The van der Waals surface area contributed by atoms with Crippen LogP contribution in [-0.2, 0) is 0 Å². The largest absolute Gasteiger partial charge is 0.389 e. The van der Waals surface area contributed by atoms with Crippen molar-refractivity contribution in [1.29, 1.82) is 0 Å². The summed E-state index contributed by atoms with van der Waals surface area (Å²) in [6.07, 6.45) is 1.22. The molecule has 0 aliphatic carbocycles. The van der Waals surface area contributed by atoms with Gasteiger partial charge in [0.05, 0.1) is 5.60 Å². The van der Waals surface area contributed by atoms with Crippen LogP contribution in [-0.4, -0.2) is 47.8 Å². The van der Waals surface area contributed by atoms with Crippen LogP contribution in [0.2, 0.25) is 0 Å². The van der Waals surface area contributed by atoms with Gasteiger partial charge in [-0.3, -0.25) is 4.90 Å². The quantitative estimate of drug-likeness (QED) is 0.719. The zero-order chi connectivity index (χ0) is 11.5. The van der Waals surface area contributed by atoms with Crippen LogP contribution in [0.5, 0.6) is 0 Å². The molecule has 0 spiro atoms. The summed E-state index contributed by atoms with van der Waals surface area (Å²) in [4.78, 5) is 2.41. The lowest BCUT2D eigenvalue weighted by Gasteiger charge is -2.35. The fourth-order valence-corrected chi connectivity index (χ4v) is 2.52. The van der Waals surface area contributed by atoms with E-state index in [4.69, 9.17) is 0 Å². The maximum absolute atomic E-state index is 9.88. The van der Waals surface area contributed by atoms with Crippen LogP contribution in [0.3, 0.4) is 0 Å². The Bertz CT molecular complexity index is 189. The molecule has 1 saturated heterocycles. The molecular formula is C12H26N2O. The standard InChI is InChI=1S/C12H26N2O/c1-5-10-7-13-8-11(10)14(6-2)9-12(3,4)15/h10-11,13,15H,5-9H2,1-4H3. The van der Waals surface area contributed by atoms with Crippen molar-refractivity contribution in [2.24, 2.45) is 5.92 Å².